The number of carbonyl (C=O) groups excluding carboxylic acids is 1. The molecule has 0 heterocycles. The maximum absolute atomic E-state index is 11.8. The minimum atomic E-state index is -0.479. The van der Waals surface area contributed by atoms with Crippen LogP contribution in [0.2, 0.25) is 5.02 Å². The van der Waals surface area contributed by atoms with E-state index < -0.39 is 6.03 Å². The Balaban J connectivity index is 2.05. The molecule has 104 valence electrons. The van der Waals surface area contributed by atoms with E-state index in [-0.39, 0.29) is 5.75 Å². The van der Waals surface area contributed by atoms with E-state index in [4.69, 9.17) is 16.3 Å². The van der Waals surface area contributed by atoms with Crippen LogP contribution >= 0.6 is 11.6 Å². The topological polar surface area (TPSA) is 70.6 Å². The molecule has 0 aliphatic rings. The first kappa shape index (κ1) is 14.0. The molecule has 3 N–H and O–H groups in total. The van der Waals surface area contributed by atoms with Crippen molar-refractivity contribution < 1.29 is 14.6 Å². The van der Waals surface area contributed by atoms with Crippen molar-refractivity contribution in [1.29, 1.82) is 0 Å². The number of halogens is 1. The molecule has 2 rings (SSSR count). The van der Waals surface area contributed by atoms with Gasteiger partial charge in [0.15, 0.2) is 0 Å². The number of amides is 2. The van der Waals surface area contributed by atoms with Gasteiger partial charge in [-0.05, 0) is 30.3 Å². The van der Waals surface area contributed by atoms with Crippen LogP contribution in [0.4, 0.5) is 16.2 Å². The van der Waals surface area contributed by atoms with Gasteiger partial charge in [0.1, 0.15) is 11.5 Å². The highest BCUT2D eigenvalue weighted by atomic mass is 35.5. The second kappa shape index (κ2) is 6.16. The van der Waals surface area contributed by atoms with Crippen LogP contribution in [0.5, 0.6) is 11.5 Å². The lowest BCUT2D eigenvalue weighted by atomic mass is 10.3. The minimum Gasteiger partial charge on any atom is -0.506 e. The lowest BCUT2D eigenvalue weighted by Gasteiger charge is -2.10. The highest BCUT2D eigenvalue weighted by Gasteiger charge is 2.07. The molecule has 20 heavy (non-hydrogen) atoms. The average molecular weight is 293 g/mol. The summed E-state index contributed by atoms with van der Waals surface area (Å²) in [6.07, 6.45) is 0. The molecule has 0 radical (unpaired) electrons. The Morgan fingerprint density at radius 1 is 1.20 bits per heavy atom. The Bertz CT molecular complexity index is 632. The SMILES string of the molecule is COc1ccc(NC(=O)Nc2ccccc2O)cc1Cl. The minimum absolute atomic E-state index is 0.00425. The Kier molecular flexibility index (Phi) is 4.32. The lowest BCUT2D eigenvalue weighted by Crippen LogP contribution is -2.19. The number of anilines is 2. The van der Waals surface area contributed by atoms with Gasteiger partial charge in [-0.2, -0.15) is 0 Å². The number of carbonyl (C=O) groups is 1. The van der Waals surface area contributed by atoms with Crippen LogP contribution < -0.4 is 15.4 Å². The van der Waals surface area contributed by atoms with E-state index in [1.54, 1.807) is 36.4 Å². The summed E-state index contributed by atoms with van der Waals surface area (Å²) in [5, 5.41) is 15.1. The number of urea groups is 1. The predicted molar refractivity (Wildman–Crippen MR) is 78.8 cm³/mol. The van der Waals surface area contributed by atoms with Crippen molar-refractivity contribution in [3.05, 3.63) is 47.5 Å². The summed E-state index contributed by atoms with van der Waals surface area (Å²) in [6.45, 7) is 0. The fourth-order valence-corrected chi connectivity index (χ4v) is 1.87. The standard InChI is InChI=1S/C14H13ClN2O3/c1-20-13-7-6-9(8-10(13)15)16-14(19)17-11-4-2-3-5-12(11)18/h2-8,18H,1H3,(H2,16,17,19). The third kappa shape index (κ3) is 3.33. The first-order valence-electron chi connectivity index (χ1n) is 5.79. The first-order chi connectivity index (χ1) is 9.60. The van der Waals surface area contributed by atoms with Gasteiger partial charge >= 0.3 is 6.03 Å². The number of nitrogens with one attached hydrogen (secondary N) is 2. The molecule has 2 aromatic carbocycles. The van der Waals surface area contributed by atoms with E-state index in [1.165, 1.54) is 13.2 Å². The summed E-state index contributed by atoms with van der Waals surface area (Å²) in [4.78, 5) is 11.8. The zero-order valence-corrected chi connectivity index (χ0v) is 11.4. The van der Waals surface area contributed by atoms with E-state index >= 15 is 0 Å². The van der Waals surface area contributed by atoms with Gasteiger partial charge in [0.25, 0.3) is 0 Å². The Labute approximate surface area is 121 Å². The van der Waals surface area contributed by atoms with Crippen molar-refractivity contribution >= 4 is 29.0 Å². The van der Waals surface area contributed by atoms with Crippen molar-refractivity contribution in [3.63, 3.8) is 0 Å². The molecule has 0 atom stereocenters. The number of rotatable bonds is 3. The number of methoxy groups -OCH3 is 1. The molecule has 2 aromatic rings. The molecule has 0 spiro atoms. The molecular weight excluding hydrogens is 280 g/mol. The normalized spacial score (nSPS) is 9.90. The summed E-state index contributed by atoms with van der Waals surface area (Å²) in [7, 11) is 1.51. The summed E-state index contributed by atoms with van der Waals surface area (Å²) in [5.74, 6) is 0.522. The molecular formula is C14H13ClN2O3. The lowest BCUT2D eigenvalue weighted by molar-refractivity contribution is 0.262. The van der Waals surface area contributed by atoms with E-state index in [0.717, 1.165) is 0 Å². The number of benzene rings is 2. The number of para-hydroxylation sites is 2. The van der Waals surface area contributed by atoms with Crippen LogP contribution in [-0.4, -0.2) is 18.2 Å². The van der Waals surface area contributed by atoms with Gasteiger partial charge in [0, 0.05) is 5.69 Å². The molecule has 0 unspecified atom stereocenters. The molecule has 2 amide bonds. The number of hydrogen-bond donors (Lipinski definition) is 3. The fourth-order valence-electron chi connectivity index (χ4n) is 1.61. The van der Waals surface area contributed by atoms with Crippen molar-refractivity contribution in [2.45, 2.75) is 0 Å². The van der Waals surface area contributed by atoms with Gasteiger partial charge in [-0.1, -0.05) is 23.7 Å². The van der Waals surface area contributed by atoms with E-state index in [9.17, 15) is 9.90 Å². The number of phenolic OH excluding ortho intramolecular Hbond substituents is 1. The molecule has 5 nitrogen and oxygen atoms in total. The van der Waals surface area contributed by atoms with Gasteiger partial charge in [0.05, 0.1) is 17.8 Å². The zero-order valence-electron chi connectivity index (χ0n) is 10.7. The highest BCUT2D eigenvalue weighted by Crippen LogP contribution is 2.27. The molecule has 0 saturated carbocycles. The van der Waals surface area contributed by atoms with Crippen LogP contribution in [-0.2, 0) is 0 Å². The van der Waals surface area contributed by atoms with Crippen molar-refractivity contribution in [1.82, 2.24) is 0 Å². The van der Waals surface area contributed by atoms with Crippen LogP contribution in [0.1, 0.15) is 0 Å². The summed E-state index contributed by atoms with van der Waals surface area (Å²) >= 11 is 5.96. The molecule has 0 aliphatic carbocycles. The number of phenols is 1. The molecule has 0 saturated heterocycles. The summed E-state index contributed by atoms with van der Waals surface area (Å²) < 4.78 is 5.02. The van der Waals surface area contributed by atoms with Crippen LogP contribution in [0.15, 0.2) is 42.5 Å². The largest absolute Gasteiger partial charge is 0.506 e. The number of ether oxygens (including phenoxy) is 1. The average Bonchev–Trinajstić information content (AvgIpc) is 2.41. The van der Waals surface area contributed by atoms with Crippen LogP contribution in [0.3, 0.4) is 0 Å². The molecule has 0 fully saturated rings. The number of aromatic hydroxyl groups is 1. The number of hydrogen-bond acceptors (Lipinski definition) is 3. The molecule has 0 bridgehead atoms. The highest BCUT2D eigenvalue weighted by molar-refractivity contribution is 6.32. The van der Waals surface area contributed by atoms with Crippen molar-refractivity contribution in [2.75, 3.05) is 17.7 Å². The van der Waals surface area contributed by atoms with Crippen molar-refractivity contribution in [3.8, 4) is 11.5 Å². The maximum atomic E-state index is 11.8. The van der Waals surface area contributed by atoms with E-state index in [0.29, 0.717) is 22.1 Å². The predicted octanol–water partition coefficient (Wildman–Crippen LogP) is 3.70. The van der Waals surface area contributed by atoms with E-state index in [2.05, 4.69) is 10.6 Å². The van der Waals surface area contributed by atoms with Crippen LogP contribution in [0.25, 0.3) is 0 Å². The van der Waals surface area contributed by atoms with Crippen LogP contribution in [0, 0.1) is 0 Å². The fraction of sp³-hybridized carbons (Fsp3) is 0.0714. The smallest absolute Gasteiger partial charge is 0.323 e. The van der Waals surface area contributed by atoms with E-state index in [1.807, 2.05) is 0 Å². The Hall–Kier alpha value is -2.40. The monoisotopic (exact) mass is 292 g/mol. The third-order valence-electron chi connectivity index (χ3n) is 2.56. The zero-order chi connectivity index (χ0) is 14.5. The third-order valence-corrected chi connectivity index (χ3v) is 2.86. The Morgan fingerprint density at radius 3 is 2.60 bits per heavy atom. The van der Waals surface area contributed by atoms with Crippen molar-refractivity contribution in [2.24, 2.45) is 0 Å². The summed E-state index contributed by atoms with van der Waals surface area (Å²) in [6, 6.07) is 10.9. The van der Waals surface area contributed by atoms with Gasteiger partial charge in [-0.3, -0.25) is 0 Å². The second-order valence-corrected chi connectivity index (χ2v) is 4.35. The maximum Gasteiger partial charge on any atom is 0.323 e. The second-order valence-electron chi connectivity index (χ2n) is 3.95. The first-order valence-corrected chi connectivity index (χ1v) is 6.17. The van der Waals surface area contributed by atoms with Gasteiger partial charge in [-0.15, -0.1) is 0 Å². The molecule has 6 heteroatoms. The van der Waals surface area contributed by atoms with Gasteiger partial charge in [0.2, 0.25) is 0 Å². The summed E-state index contributed by atoms with van der Waals surface area (Å²) in [5.41, 5.74) is 0.841. The molecule has 0 aromatic heterocycles. The molecule has 0 aliphatic heterocycles. The van der Waals surface area contributed by atoms with Gasteiger partial charge in [-0.25, -0.2) is 4.79 Å². The Morgan fingerprint density at radius 2 is 1.95 bits per heavy atom. The quantitative estimate of drug-likeness (QED) is 0.755. The van der Waals surface area contributed by atoms with Gasteiger partial charge < -0.3 is 20.5 Å².